The monoisotopic (exact) mass is 492 g/mol. The number of rotatable bonds is 3. The molecule has 2 saturated carbocycles. The lowest BCUT2D eigenvalue weighted by Crippen LogP contribution is -2.45. The van der Waals surface area contributed by atoms with Crippen molar-refractivity contribution in [2.24, 2.45) is 35.0 Å². The van der Waals surface area contributed by atoms with E-state index < -0.39 is 0 Å². The van der Waals surface area contributed by atoms with Crippen molar-refractivity contribution in [2.45, 2.75) is 57.3 Å². The molecule has 0 bridgehead atoms. The fraction of sp³-hybridized carbons (Fsp3) is 0.441. The Bertz CT molecular complexity index is 1300. The number of carbonyl (C=O) groups excluding carboxylic acids is 1. The van der Waals surface area contributed by atoms with Crippen molar-refractivity contribution < 1.29 is 4.79 Å². The quantitative estimate of drug-likeness (QED) is 0.316. The average Bonchev–Trinajstić information content (AvgIpc) is 3.25. The minimum atomic E-state index is 0.317. The minimum absolute atomic E-state index is 0.317. The van der Waals surface area contributed by atoms with Gasteiger partial charge in [-0.3, -0.25) is 4.79 Å². The molecule has 4 aliphatic carbocycles. The number of hydrogen-bond acceptors (Lipinski definition) is 2. The molecule has 0 aromatic heterocycles. The van der Waals surface area contributed by atoms with E-state index in [-0.39, 0.29) is 0 Å². The highest BCUT2D eigenvalue weighted by molar-refractivity contribution is 7.98. The summed E-state index contributed by atoms with van der Waals surface area (Å²) >= 11 is 1.76. The van der Waals surface area contributed by atoms with E-state index in [9.17, 15) is 4.79 Å². The maximum absolute atomic E-state index is 13.5. The van der Waals surface area contributed by atoms with Gasteiger partial charge in [0.1, 0.15) is 0 Å². The first kappa shape index (κ1) is 23.9. The Morgan fingerprint density at radius 3 is 2.50 bits per heavy atom. The molecule has 2 fully saturated rings. The zero-order valence-corrected chi connectivity index (χ0v) is 22.5. The van der Waals surface area contributed by atoms with E-state index in [1.54, 1.807) is 11.8 Å². The summed E-state index contributed by atoms with van der Waals surface area (Å²) in [5, 5.41) is 0. The van der Waals surface area contributed by atoms with Gasteiger partial charge >= 0.3 is 0 Å². The predicted molar refractivity (Wildman–Crippen MR) is 151 cm³/mol. The summed E-state index contributed by atoms with van der Waals surface area (Å²) in [4.78, 5) is 14.8. The van der Waals surface area contributed by atoms with Crippen molar-refractivity contribution in [1.82, 2.24) is 0 Å². The van der Waals surface area contributed by atoms with Crippen molar-refractivity contribution in [1.29, 1.82) is 0 Å². The number of fused-ring (bicyclic) bond motifs is 5. The molecule has 0 saturated heterocycles. The molecule has 0 radical (unpaired) electrons. The molecule has 2 aromatic rings. The van der Waals surface area contributed by atoms with Crippen LogP contribution in [0, 0.1) is 46.8 Å². The number of thioether (sulfide) groups is 1. The minimum Gasteiger partial charge on any atom is -0.294 e. The zero-order chi connectivity index (χ0) is 24.9. The first-order chi connectivity index (χ1) is 17.5. The van der Waals surface area contributed by atoms with Crippen molar-refractivity contribution in [3.63, 3.8) is 0 Å². The van der Waals surface area contributed by atoms with Crippen LogP contribution < -0.4 is 0 Å². The van der Waals surface area contributed by atoms with Crippen LogP contribution in [0.2, 0.25) is 0 Å². The second-order valence-corrected chi connectivity index (χ2v) is 12.3. The van der Waals surface area contributed by atoms with Gasteiger partial charge in [-0.15, -0.1) is 17.7 Å². The van der Waals surface area contributed by atoms with Crippen molar-refractivity contribution in [3.8, 4) is 23.0 Å². The molecule has 0 aliphatic heterocycles. The summed E-state index contributed by atoms with van der Waals surface area (Å²) in [6, 6.07) is 17.3. The van der Waals surface area contributed by atoms with E-state index >= 15 is 0 Å². The summed E-state index contributed by atoms with van der Waals surface area (Å²) in [5.41, 5.74) is 6.12. The number of allylic oxidation sites excluding steroid dienone is 4. The lowest BCUT2D eigenvalue weighted by molar-refractivity contribution is -0.114. The number of benzene rings is 2. The highest BCUT2D eigenvalue weighted by Crippen LogP contribution is 2.62. The van der Waals surface area contributed by atoms with E-state index in [1.807, 2.05) is 6.92 Å². The molecule has 184 valence electrons. The van der Waals surface area contributed by atoms with Crippen LogP contribution in [0.25, 0.3) is 16.7 Å². The highest BCUT2D eigenvalue weighted by Gasteiger charge is 2.55. The number of hydrogen-bond donors (Lipinski definition) is 0. The van der Waals surface area contributed by atoms with E-state index in [1.165, 1.54) is 47.3 Å². The van der Waals surface area contributed by atoms with Gasteiger partial charge in [-0.2, -0.15) is 0 Å². The highest BCUT2D eigenvalue weighted by atomic mass is 32.2. The van der Waals surface area contributed by atoms with Gasteiger partial charge in [0, 0.05) is 22.8 Å². The third-order valence-electron chi connectivity index (χ3n) is 9.97. The van der Waals surface area contributed by atoms with Gasteiger partial charge in [-0.05, 0) is 109 Å². The Morgan fingerprint density at radius 1 is 0.972 bits per heavy atom. The zero-order valence-electron chi connectivity index (χ0n) is 21.7. The first-order valence-electron chi connectivity index (χ1n) is 13.7. The Balaban J connectivity index is 1.42. The molecule has 6 rings (SSSR count). The van der Waals surface area contributed by atoms with E-state index in [0.29, 0.717) is 41.3 Å². The number of ketones is 1. The predicted octanol–water partition coefficient (Wildman–Crippen LogP) is 8.46. The molecular formula is C34H36OS. The molecule has 4 aliphatic rings. The lowest BCUT2D eigenvalue weighted by Gasteiger charge is -2.51. The molecular weight excluding hydrogens is 456 g/mol. The molecule has 36 heavy (non-hydrogen) atoms. The molecule has 0 unspecified atom stereocenters. The summed E-state index contributed by atoms with van der Waals surface area (Å²) in [7, 11) is 0. The van der Waals surface area contributed by atoms with Gasteiger partial charge in [-0.25, -0.2) is 0 Å². The Kier molecular flexibility index (Phi) is 6.25. The molecule has 2 aromatic carbocycles. The van der Waals surface area contributed by atoms with Crippen LogP contribution in [0.1, 0.15) is 57.9 Å². The van der Waals surface area contributed by atoms with Crippen LogP contribution in [-0.2, 0) is 4.79 Å². The third kappa shape index (κ3) is 3.74. The lowest BCUT2D eigenvalue weighted by atomic mass is 9.52. The van der Waals surface area contributed by atoms with Crippen LogP contribution in [0.3, 0.4) is 0 Å². The summed E-state index contributed by atoms with van der Waals surface area (Å²) in [5.74, 6) is 10.2. The topological polar surface area (TPSA) is 17.1 Å². The van der Waals surface area contributed by atoms with E-state index in [2.05, 4.69) is 85.7 Å². The smallest absolute Gasteiger partial charge is 0.163 e. The normalized spacial score (nSPS) is 32.9. The van der Waals surface area contributed by atoms with E-state index in [4.69, 9.17) is 0 Å². The first-order valence-corrected chi connectivity index (χ1v) is 14.9. The SMILES string of the molecule is CC#C[C@@H]1CC[C@H]2[C@@H]3C=CC4=C(c5ccccc5-c5ccc(SC)cc5)C(=O)CC[C@@H]4[C@H]3CC[C@]12C. The molecule has 0 N–H and O–H groups in total. The van der Waals surface area contributed by atoms with Gasteiger partial charge in [0.05, 0.1) is 0 Å². The second kappa shape index (κ2) is 9.42. The van der Waals surface area contributed by atoms with Gasteiger partial charge < -0.3 is 0 Å². The Morgan fingerprint density at radius 2 is 1.75 bits per heavy atom. The molecule has 1 nitrogen and oxygen atoms in total. The van der Waals surface area contributed by atoms with Gasteiger partial charge in [0.25, 0.3) is 0 Å². The largest absolute Gasteiger partial charge is 0.294 e. The molecule has 0 spiro atoms. The molecule has 6 atom stereocenters. The van der Waals surface area contributed by atoms with Gasteiger partial charge in [0.15, 0.2) is 5.78 Å². The fourth-order valence-electron chi connectivity index (χ4n) is 8.19. The Labute approximate surface area is 220 Å². The summed E-state index contributed by atoms with van der Waals surface area (Å²) < 4.78 is 0. The average molecular weight is 493 g/mol. The molecule has 0 heterocycles. The molecule has 0 amide bonds. The second-order valence-electron chi connectivity index (χ2n) is 11.4. The summed E-state index contributed by atoms with van der Waals surface area (Å²) in [6.45, 7) is 4.51. The number of carbonyl (C=O) groups is 1. The van der Waals surface area contributed by atoms with Crippen LogP contribution in [0.15, 0.2) is 71.2 Å². The van der Waals surface area contributed by atoms with E-state index in [0.717, 1.165) is 23.5 Å². The van der Waals surface area contributed by atoms with Crippen molar-refractivity contribution >= 4 is 23.1 Å². The fourth-order valence-corrected chi connectivity index (χ4v) is 8.60. The van der Waals surface area contributed by atoms with Crippen LogP contribution in [0.5, 0.6) is 0 Å². The van der Waals surface area contributed by atoms with Crippen LogP contribution in [-0.4, -0.2) is 12.0 Å². The summed E-state index contributed by atoms with van der Waals surface area (Å²) in [6.07, 6.45) is 13.8. The van der Waals surface area contributed by atoms with Crippen molar-refractivity contribution in [2.75, 3.05) is 6.26 Å². The van der Waals surface area contributed by atoms with Gasteiger partial charge in [0.2, 0.25) is 0 Å². The van der Waals surface area contributed by atoms with Gasteiger partial charge in [-0.1, -0.05) is 61.4 Å². The Hall–Kier alpha value is -2.50. The third-order valence-corrected chi connectivity index (χ3v) is 10.7. The van der Waals surface area contributed by atoms with Crippen molar-refractivity contribution in [3.05, 3.63) is 71.8 Å². The standard InChI is InChI=1S/C34H36OS/c1-4-7-23-12-18-31-28-15-16-30-26(27(28)20-21-34(23,31)2)17-19-32(35)33(30)29-9-6-5-8-25(29)22-10-13-24(36-3)14-11-22/h5-6,8-11,13-16,23,26-28,31H,12,17-21H2,1-3H3/t23-,26-,27-,28-,31+,34-/m1/s1. The van der Waals surface area contributed by atoms with Crippen LogP contribution in [0.4, 0.5) is 0 Å². The maximum Gasteiger partial charge on any atom is 0.163 e. The molecule has 2 heteroatoms. The van der Waals surface area contributed by atoms with Crippen LogP contribution >= 0.6 is 11.8 Å². The number of Topliss-reactive ketones (excluding diaryl/α,β-unsaturated/α-hetero) is 1. The maximum atomic E-state index is 13.5.